The van der Waals surface area contributed by atoms with Gasteiger partial charge in [0.15, 0.2) is 0 Å². The molecule has 0 radical (unpaired) electrons. The topological polar surface area (TPSA) is 87.3 Å². The van der Waals surface area contributed by atoms with E-state index in [1.807, 2.05) is 6.92 Å². The summed E-state index contributed by atoms with van der Waals surface area (Å²) in [6.07, 6.45) is 2.88. The second-order valence-corrected chi connectivity index (χ2v) is 6.59. The van der Waals surface area contributed by atoms with Crippen LogP contribution in [0.15, 0.2) is 30.3 Å². The van der Waals surface area contributed by atoms with Crippen LogP contribution in [-0.2, 0) is 22.7 Å². The first-order valence-electron chi connectivity index (χ1n) is 8.09. The Bertz CT molecular complexity index is 826. The van der Waals surface area contributed by atoms with Crippen LogP contribution in [0.25, 0.3) is 6.08 Å². The van der Waals surface area contributed by atoms with Gasteiger partial charge in [-0.1, -0.05) is 25.4 Å². The van der Waals surface area contributed by atoms with Gasteiger partial charge in [0.1, 0.15) is 11.8 Å². The van der Waals surface area contributed by atoms with E-state index in [-0.39, 0.29) is 12.3 Å². The zero-order chi connectivity index (χ0) is 19.3. The molecule has 0 atom stereocenters. The molecule has 0 saturated heterocycles. The van der Waals surface area contributed by atoms with Crippen LogP contribution in [0.1, 0.15) is 30.7 Å². The van der Waals surface area contributed by atoms with E-state index >= 15 is 0 Å². The zero-order valence-corrected chi connectivity index (χ0v) is 15.6. The lowest BCUT2D eigenvalue weighted by atomic mass is 10.2. The number of halogens is 1. The number of nitro benzene ring substituents is 1. The summed E-state index contributed by atoms with van der Waals surface area (Å²) in [5.41, 5.74) is 2.06. The number of ether oxygens (including phenoxy) is 1. The number of hydrogen-bond donors (Lipinski definition) is 0. The second kappa shape index (κ2) is 8.62. The third-order valence-corrected chi connectivity index (χ3v) is 3.96. The summed E-state index contributed by atoms with van der Waals surface area (Å²) in [6.45, 7) is 6.68. The van der Waals surface area contributed by atoms with E-state index in [0.717, 1.165) is 5.69 Å². The molecule has 138 valence electrons. The average Bonchev–Trinajstić information content (AvgIpc) is 2.84. The fraction of sp³-hybridized carbons (Fsp3) is 0.333. The van der Waals surface area contributed by atoms with Crippen LogP contribution in [0.5, 0.6) is 0 Å². The van der Waals surface area contributed by atoms with Gasteiger partial charge in [-0.25, -0.2) is 4.79 Å². The number of nitrogens with zero attached hydrogens (tertiary/aromatic N) is 3. The van der Waals surface area contributed by atoms with Gasteiger partial charge < -0.3 is 4.74 Å². The monoisotopic (exact) mass is 377 g/mol. The molecule has 8 heteroatoms. The number of esters is 1. The van der Waals surface area contributed by atoms with Gasteiger partial charge in [0.2, 0.25) is 0 Å². The van der Waals surface area contributed by atoms with Gasteiger partial charge in [0.25, 0.3) is 5.69 Å². The molecule has 0 aliphatic heterocycles. The summed E-state index contributed by atoms with van der Waals surface area (Å²) in [5, 5.41) is 15.5. The lowest BCUT2D eigenvalue weighted by Gasteiger charge is -2.05. The molecule has 7 nitrogen and oxygen atoms in total. The van der Waals surface area contributed by atoms with Gasteiger partial charge in [-0.05, 0) is 36.6 Å². The summed E-state index contributed by atoms with van der Waals surface area (Å²) in [6, 6.07) is 5.83. The van der Waals surface area contributed by atoms with Crippen LogP contribution in [0, 0.1) is 23.0 Å². The molecule has 26 heavy (non-hydrogen) atoms. The van der Waals surface area contributed by atoms with Crippen molar-refractivity contribution in [1.82, 2.24) is 9.78 Å². The number of carbonyl (C=O) groups is 1. The van der Waals surface area contributed by atoms with E-state index in [0.29, 0.717) is 28.7 Å². The van der Waals surface area contributed by atoms with Crippen molar-refractivity contribution in [3.8, 4) is 0 Å². The Morgan fingerprint density at radius 1 is 1.38 bits per heavy atom. The van der Waals surface area contributed by atoms with E-state index in [4.69, 9.17) is 16.3 Å². The Labute approximate surface area is 156 Å². The minimum atomic E-state index is -0.532. The highest BCUT2D eigenvalue weighted by Crippen LogP contribution is 2.22. The van der Waals surface area contributed by atoms with E-state index in [1.165, 1.54) is 18.2 Å². The van der Waals surface area contributed by atoms with Crippen molar-refractivity contribution in [3.63, 3.8) is 0 Å². The molecule has 0 amide bonds. The summed E-state index contributed by atoms with van der Waals surface area (Å²) < 4.78 is 6.85. The van der Waals surface area contributed by atoms with Gasteiger partial charge >= 0.3 is 5.97 Å². The summed E-state index contributed by atoms with van der Waals surface area (Å²) in [5.74, 6) is -0.134. The minimum absolute atomic E-state index is 0.0106. The molecule has 2 aromatic rings. The fourth-order valence-corrected chi connectivity index (χ4v) is 2.60. The van der Waals surface area contributed by atoms with Gasteiger partial charge in [-0.2, -0.15) is 5.10 Å². The Morgan fingerprint density at radius 3 is 2.62 bits per heavy atom. The summed E-state index contributed by atoms with van der Waals surface area (Å²) in [4.78, 5) is 22.0. The Balaban J connectivity index is 1.97. The van der Waals surface area contributed by atoms with Gasteiger partial charge in [-0.3, -0.25) is 14.8 Å². The first kappa shape index (κ1) is 19.7. The van der Waals surface area contributed by atoms with Crippen molar-refractivity contribution in [2.75, 3.05) is 0 Å². The molecule has 0 aliphatic carbocycles. The molecule has 0 spiro atoms. The zero-order valence-electron chi connectivity index (χ0n) is 14.8. The highest BCUT2D eigenvalue weighted by Gasteiger charge is 2.12. The SMILES string of the molecule is Cc1nn(CC(C)C)c(Cl)c1/C=C/C(=O)OCc1ccc([N+](=O)[O-])cc1. The Hall–Kier alpha value is -2.67. The number of hydrogen-bond acceptors (Lipinski definition) is 5. The third-order valence-electron chi connectivity index (χ3n) is 3.56. The Kier molecular flexibility index (Phi) is 6.52. The van der Waals surface area contributed by atoms with Crippen molar-refractivity contribution < 1.29 is 14.5 Å². The van der Waals surface area contributed by atoms with Crippen LogP contribution in [0.3, 0.4) is 0 Å². The maximum absolute atomic E-state index is 11.9. The minimum Gasteiger partial charge on any atom is -0.458 e. The number of aryl methyl sites for hydroxylation is 1. The van der Waals surface area contributed by atoms with Crippen molar-refractivity contribution in [2.45, 2.75) is 33.9 Å². The van der Waals surface area contributed by atoms with E-state index in [9.17, 15) is 14.9 Å². The number of nitro groups is 1. The Morgan fingerprint density at radius 2 is 2.04 bits per heavy atom. The molecule has 0 saturated carbocycles. The van der Waals surface area contributed by atoms with Gasteiger partial charge in [-0.15, -0.1) is 0 Å². The van der Waals surface area contributed by atoms with Crippen molar-refractivity contribution >= 4 is 29.3 Å². The van der Waals surface area contributed by atoms with Crippen LogP contribution in [-0.4, -0.2) is 20.7 Å². The molecule has 0 unspecified atom stereocenters. The second-order valence-electron chi connectivity index (χ2n) is 6.23. The fourth-order valence-electron chi connectivity index (χ4n) is 2.29. The van der Waals surface area contributed by atoms with Gasteiger partial charge in [0.05, 0.1) is 10.6 Å². The first-order chi connectivity index (χ1) is 12.3. The van der Waals surface area contributed by atoms with Gasteiger partial charge in [0, 0.05) is 30.3 Å². The number of non-ortho nitro benzene ring substituents is 1. The van der Waals surface area contributed by atoms with Crippen molar-refractivity contribution in [3.05, 3.63) is 62.4 Å². The number of aromatic nitrogens is 2. The summed E-state index contributed by atoms with van der Waals surface area (Å²) in [7, 11) is 0. The standard InChI is InChI=1S/C18H20ClN3O4/c1-12(2)10-21-18(19)16(13(3)20-21)8-9-17(23)26-11-14-4-6-15(7-5-14)22(24)25/h4-9,12H,10-11H2,1-3H3/b9-8+. The van der Waals surface area contributed by atoms with E-state index in [1.54, 1.807) is 22.9 Å². The van der Waals surface area contributed by atoms with E-state index in [2.05, 4.69) is 18.9 Å². The van der Waals surface area contributed by atoms with Crippen LogP contribution in [0.4, 0.5) is 5.69 Å². The third kappa shape index (κ3) is 5.16. The quantitative estimate of drug-likeness (QED) is 0.313. The largest absolute Gasteiger partial charge is 0.458 e. The number of rotatable bonds is 7. The van der Waals surface area contributed by atoms with Crippen LogP contribution >= 0.6 is 11.6 Å². The van der Waals surface area contributed by atoms with Crippen LogP contribution < -0.4 is 0 Å². The lowest BCUT2D eigenvalue weighted by Crippen LogP contribution is -2.06. The molecule has 0 N–H and O–H groups in total. The van der Waals surface area contributed by atoms with Crippen molar-refractivity contribution in [2.24, 2.45) is 5.92 Å². The van der Waals surface area contributed by atoms with E-state index < -0.39 is 10.9 Å². The molecular formula is C18H20ClN3O4. The molecular weight excluding hydrogens is 358 g/mol. The molecule has 1 aromatic heterocycles. The molecule has 0 bridgehead atoms. The maximum atomic E-state index is 11.9. The highest BCUT2D eigenvalue weighted by atomic mass is 35.5. The molecule has 1 aromatic carbocycles. The normalized spacial score (nSPS) is 11.3. The predicted octanol–water partition coefficient (Wildman–Crippen LogP) is 4.17. The lowest BCUT2D eigenvalue weighted by molar-refractivity contribution is -0.384. The molecule has 0 aliphatic rings. The smallest absolute Gasteiger partial charge is 0.331 e. The number of benzene rings is 1. The van der Waals surface area contributed by atoms with Crippen LogP contribution in [0.2, 0.25) is 5.15 Å². The average molecular weight is 378 g/mol. The summed E-state index contributed by atoms with van der Waals surface area (Å²) >= 11 is 6.31. The number of carbonyl (C=O) groups excluding carboxylic acids is 1. The molecule has 2 rings (SSSR count). The predicted molar refractivity (Wildman–Crippen MR) is 98.7 cm³/mol. The molecule has 1 heterocycles. The highest BCUT2D eigenvalue weighted by molar-refractivity contribution is 6.31. The molecule has 0 fully saturated rings. The first-order valence-corrected chi connectivity index (χ1v) is 8.46. The van der Waals surface area contributed by atoms with Crippen molar-refractivity contribution in [1.29, 1.82) is 0 Å². The maximum Gasteiger partial charge on any atom is 0.331 e.